The average Bonchev–Trinajstić information content (AvgIpc) is 2.75. The van der Waals surface area contributed by atoms with Gasteiger partial charge in [0.25, 0.3) is 10.0 Å². The summed E-state index contributed by atoms with van der Waals surface area (Å²) < 4.78 is 33.2. The Morgan fingerprint density at radius 2 is 1.60 bits per heavy atom. The Morgan fingerprint density at radius 3 is 2.20 bits per heavy atom. The van der Waals surface area contributed by atoms with Gasteiger partial charge in [0, 0.05) is 6.54 Å². The molecule has 0 spiro atoms. The molecule has 6 nitrogen and oxygen atoms in total. The number of carbonyl (C=O) groups excluding carboxylic acids is 1. The maximum Gasteiger partial charge on any atom is 0.264 e. The van der Waals surface area contributed by atoms with Crippen molar-refractivity contribution in [2.75, 3.05) is 23.3 Å². The van der Waals surface area contributed by atoms with Crippen molar-refractivity contribution in [2.24, 2.45) is 0 Å². The topological polar surface area (TPSA) is 75.7 Å². The van der Waals surface area contributed by atoms with Gasteiger partial charge in [-0.1, -0.05) is 48.5 Å². The van der Waals surface area contributed by atoms with Crippen molar-refractivity contribution in [1.29, 1.82) is 0 Å². The quantitative estimate of drug-likeness (QED) is 0.591. The van der Waals surface area contributed by atoms with Gasteiger partial charge in [-0.15, -0.1) is 0 Å². The number of nitrogens with zero attached hydrogens (tertiary/aromatic N) is 1. The number of para-hydroxylation sites is 1. The third kappa shape index (κ3) is 4.80. The van der Waals surface area contributed by atoms with Crippen molar-refractivity contribution in [3.63, 3.8) is 0 Å². The van der Waals surface area contributed by atoms with Crippen LogP contribution in [0.2, 0.25) is 0 Å². The minimum absolute atomic E-state index is 0.0732. The highest BCUT2D eigenvalue weighted by atomic mass is 32.2. The summed E-state index contributed by atoms with van der Waals surface area (Å²) in [6, 6.07) is 22.7. The van der Waals surface area contributed by atoms with Crippen LogP contribution in [-0.2, 0) is 21.2 Å². The first kappa shape index (κ1) is 21.4. The van der Waals surface area contributed by atoms with E-state index in [1.165, 1.54) is 23.5 Å². The fourth-order valence-corrected chi connectivity index (χ4v) is 4.63. The second kappa shape index (κ2) is 9.45. The fraction of sp³-hybridized carbons (Fsp3) is 0.174. The van der Waals surface area contributed by atoms with Crippen molar-refractivity contribution in [2.45, 2.75) is 18.2 Å². The van der Waals surface area contributed by atoms with Crippen LogP contribution in [-0.4, -0.2) is 28.0 Å². The molecule has 0 aliphatic heterocycles. The van der Waals surface area contributed by atoms with Crippen LogP contribution in [0.4, 0.5) is 11.4 Å². The lowest BCUT2D eigenvalue weighted by molar-refractivity contribution is -0.115. The number of benzene rings is 3. The number of rotatable bonds is 8. The zero-order chi connectivity index (χ0) is 21.6. The first-order valence-electron chi connectivity index (χ1n) is 9.55. The first-order valence-corrected chi connectivity index (χ1v) is 11.0. The standard InChI is InChI=1S/C23H24N2O4S/c1-3-25(19-12-8-5-9-13-19)30(27,28)20-14-15-22(29-2)21(17-20)24-23(26)16-18-10-6-4-7-11-18/h4-15,17H,3,16H2,1-2H3,(H,24,26). The SMILES string of the molecule is CCN(c1ccccc1)S(=O)(=O)c1ccc(OC)c(NC(=O)Cc2ccccc2)c1. The molecule has 0 heterocycles. The molecular formula is C23H24N2O4S. The monoisotopic (exact) mass is 424 g/mol. The molecule has 30 heavy (non-hydrogen) atoms. The zero-order valence-corrected chi connectivity index (χ0v) is 17.7. The van der Waals surface area contributed by atoms with E-state index in [0.717, 1.165) is 5.56 Å². The number of nitrogens with one attached hydrogen (secondary N) is 1. The summed E-state index contributed by atoms with van der Waals surface area (Å²) in [7, 11) is -2.35. The van der Waals surface area contributed by atoms with Gasteiger partial charge in [0.2, 0.25) is 5.91 Å². The Hall–Kier alpha value is -3.32. The van der Waals surface area contributed by atoms with Gasteiger partial charge in [-0.05, 0) is 42.8 Å². The lowest BCUT2D eigenvalue weighted by Gasteiger charge is -2.23. The lowest BCUT2D eigenvalue weighted by Crippen LogP contribution is -2.30. The molecule has 0 atom stereocenters. The molecule has 0 unspecified atom stereocenters. The average molecular weight is 425 g/mol. The predicted octanol–water partition coefficient (Wildman–Crippen LogP) is 4.09. The molecule has 156 valence electrons. The molecule has 3 aromatic carbocycles. The van der Waals surface area contributed by atoms with Gasteiger partial charge in [-0.3, -0.25) is 9.10 Å². The Balaban J connectivity index is 1.90. The van der Waals surface area contributed by atoms with E-state index >= 15 is 0 Å². The Labute approximate surface area is 177 Å². The summed E-state index contributed by atoms with van der Waals surface area (Å²) >= 11 is 0. The van der Waals surface area contributed by atoms with Crippen LogP contribution < -0.4 is 14.4 Å². The predicted molar refractivity (Wildman–Crippen MR) is 118 cm³/mol. The molecule has 1 N–H and O–H groups in total. The van der Waals surface area contributed by atoms with Crippen molar-refractivity contribution in [1.82, 2.24) is 0 Å². The molecule has 1 amide bonds. The summed E-state index contributed by atoms with van der Waals surface area (Å²) in [5.41, 5.74) is 1.74. The van der Waals surface area contributed by atoms with Crippen LogP contribution in [0.15, 0.2) is 83.8 Å². The molecular weight excluding hydrogens is 400 g/mol. The van der Waals surface area contributed by atoms with Gasteiger partial charge in [0.05, 0.1) is 29.8 Å². The number of carbonyl (C=O) groups is 1. The maximum absolute atomic E-state index is 13.3. The molecule has 0 radical (unpaired) electrons. The minimum atomic E-state index is -3.82. The number of hydrogen-bond acceptors (Lipinski definition) is 4. The maximum atomic E-state index is 13.3. The van der Waals surface area contributed by atoms with Crippen molar-refractivity contribution >= 4 is 27.3 Å². The molecule has 0 aromatic heterocycles. The van der Waals surface area contributed by atoms with Gasteiger partial charge in [0.1, 0.15) is 5.75 Å². The molecule has 0 aliphatic rings. The molecule has 0 bridgehead atoms. The largest absolute Gasteiger partial charge is 0.495 e. The molecule has 7 heteroatoms. The second-order valence-corrected chi connectivity index (χ2v) is 8.44. The summed E-state index contributed by atoms with van der Waals surface area (Å²) in [4.78, 5) is 12.6. The second-order valence-electron chi connectivity index (χ2n) is 6.58. The number of sulfonamides is 1. The van der Waals surface area contributed by atoms with Gasteiger partial charge in [0.15, 0.2) is 0 Å². The van der Waals surface area contributed by atoms with Crippen LogP contribution in [0.3, 0.4) is 0 Å². The number of hydrogen-bond donors (Lipinski definition) is 1. The van der Waals surface area contributed by atoms with Crippen molar-refractivity contribution in [3.05, 3.63) is 84.4 Å². The summed E-state index contributed by atoms with van der Waals surface area (Å²) in [5.74, 6) is 0.127. The van der Waals surface area contributed by atoms with E-state index < -0.39 is 10.0 Å². The highest BCUT2D eigenvalue weighted by molar-refractivity contribution is 7.92. The van der Waals surface area contributed by atoms with E-state index in [4.69, 9.17) is 4.74 Å². The van der Waals surface area contributed by atoms with Crippen LogP contribution in [0.1, 0.15) is 12.5 Å². The van der Waals surface area contributed by atoms with Crippen LogP contribution in [0.25, 0.3) is 0 Å². The third-order valence-electron chi connectivity index (χ3n) is 4.57. The zero-order valence-electron chi connectivity index (χ0n) is 16.9. The number of anilines is 2. The summed E-state index contributed by atoms with van der Waals surface area (Å²) in [6.45, 7) is 2.05. The Kier molecular flexibility index (Phi) is 6.74. The van der Waals surface area contributed by atoms with Crippen LogP contribution >= 0.6 is 0 Å². The molecule has 0 fully saturated rings. The summed E-state index contributed by atoms with van der Waals surface area (Å²) in [6.07, 6.45) is 0.173. The lowest BCUT2D eigenvalue weighted by atomic mass is 10.1. The highest BCUT2D eigenvalue weighted by Gasteiger charge is 2.25. The Morgan fingerprint density at radius 1 is 0.967 bits per heavy atom. The smallest absolute Gasteiger partial charge is 0.264 e. The van der Waals surface area contributed by atoms with E-state index in [2.05, 4.69) is 5.32 Å². The van der Waals surface area contributed by atoms with Crippen molar-refractivity contribution in [3.8, 4) is 5.75 Å². The minimum Gasteiger partial charge on any atom is -0.495 e. The number of ether oxygens (including phenoxy) is 1. The number of methoxy groups -OCH3 is 1. The van der Waals surface area contributed by atoms with Gasteiger partial charge >= 0.3 is 0 Å². The van der Waals surface area contributed by atoms with E-state index in [1.807, 2.05) is 36.4 Å². The van der Waals surface area contributed by atoms with Gasteiger partial charge in [-0.25, -0.2) is 8.42 Å². The van der Waals surface area contributed by atoms with Crippen LogP contribution in [0, 0.1) is 0 Å². The van der Waals surface area contributed by atoms with E-state index in [0.29, 0.717) is 17.1 Å². The fourth-order valence-electron chi connectivity index (χ4n) is 3.13. The molecule has 3 rings (SSSR count). The Bertz CT molecular complexity index is 1100. The first-order chi connectivity index (χ1) is 14.5. The number of amides is 1. The van der Waals surface area contributed by atoms with E-state index in [1.54, 1.807) is 37.3 Å². The van der Waals surface area contributed by atoms with Gasteiger partial charge in [-0.2, -0.15) is 0 Å². The van der Waals surface area contributed by atoms with Gasteiger partial charge < -0.3 is 10.1 Å². The summed E-state index contributed by atoms with van der Waals surface area (Å²) in [5, 5.41) is 2.77. The van der Waals surface area contributed by atoms with Crippen molar-refractivity contribution < 1.29 is 17.9 Å². The third-order valence-corrected chi connectivity index (χ3v) is 6.47. The molecule has 3 aromatic rings. The molecule has 0 aliphatic carbocycles. The highest BCUT2D eigenvalue weighted by Crippen LogP contribution is 2.30. The molecule has 0 saturated heterocycles. The normalized spacial score (nSPS) is 11.0. The van der Waals surface area contributed by atoms with E-state index in [9.17, 15) is 13.2 Å². The van der Waals surface area contributed by atoms with E-state index in [-0.39, 0.29) is 23.8 Å². The molecule has 0 saturated carbocycles. The van der Waals surface area contributed by atoms with Crippen LogP contribution in [0.5, 0.6) is 5.75 Å².